The Bertz CT molecular complexity index is 1070. The van der Waals surface area contributed by atoms with Crippen LogP contribution in [0.4, 0.5) is 4.79 Å². The maximum absolute atomic E-state index is 12.3. The van der Waals surface area contributed by atoms with E-state index in [1.807, 2.05) is 74.5 Å². The van der Waals surface area contributed by atoms with Gasteiger partial charge in [-0.15, -0.1) is 0 Å². The molecule has 0 aliphatic heterocycles. The fourth-order valence-electron chi connectivity index (χ4n) is 4.29. The Morgan fingerprint density at radius 2 is 1.47 bits per heavy atom. The standard InChI is InChI=1S/C29H31NO4/c1-3-32-28(33-4-2)22-17-15-21(16-18-22)10-9-19-30-29(31)34-20-27-25-13-7-5-11-23(25)24-12-6-8-14-26(24)27/h5-18,27-28H,3-4,19-20H2,1-2H3,(H,30,31). The molecule has 0 unspecified atom stereocenters. The largest absolute Gasteiger partial charge is 0.449 e. The quantitative estimate of drug-likeness (QED) is 0.363. The molecule has 0 atom stereocenters. The molecule has 0 saturated heterocycles. The first-order valence-electron chi connectivity index (χ1n) is 11.8. The lowest BCUT2D eigenvalue weighted by molar-refractivity contribution is -0.140. The molecule has 0 radical (unpaired) electrons. The second-order valence-electron chi connectivity index (χ2n) is 8.02. The normalized spacial score (nSPS) is 12.7. The molecular weight excluding hydrogens is 426 g/mol. The van der Waals surface area contributed by atoms with Crippen molar-refractivity contribution in [2.75, 3.05) is 26.4 Å². The van der Waals surface area contributed by atoms with E-state index in [2.05, 4.69) is 29.6 Å². The predicted octanol–water partition coefficient (Wildman–Crippen LogP) is 6.31. The van der Waals surface area contributed by atoms with Crippen molar-refractivity contribution in [3.8, 4) is 11.1 Å². The van der Waals surface area contributed by atoms with Crippen LogP contribution in [-0.2, 0) is 14.2 Å². The van der Waals surface area contributed by atoms with E-state index in [1.165, 1.54) is 22.3 Å². The van der Waals surface area contributed by atoms with Crippen LogP contribution in [0.1, 0.15) is 48.3 Å². The van der Waals surface area contributed by atoms with Crippen molar-refractivity contribution in [3.05, 3.63) is 101 Å². The van der Waals surface area contributed by atoms with Gasteiger partial charge in [0.05, 0.1) is 0 Å². The zero-order chi connectivity index (χ0) is 23.8. The Balaban J connectivity index is 1.27. The van der Waals surface area contributed by atoms with Gasteiger partial charge in [0, 0.05) is 31.2 Å². The maximum Gasteiger partial charge on any atom is 0.407 e. The summed E-state index contributed by atoms with van der Waals surface area (Å²) in [6, 6.07) is 24.6. The number of hydrogen-bond acceptors (Lipinski definition) is 4. The average Bonchev–Trinajstić information content (AvgIpc) is 3.19. The molecule has 1 N–H and O–H groups in total. The molecule has 0 bridgehead atoms. The molecule has 5 nitrogen and oxygen atoms in total. The van der Waals surface area contributed by atoms with Crippen LogP contribution >= 0.6 is 0 Å². The number of carbonyl (C=O) groups is 1. The number of carbonyl (C=O) groups excluding carboxylic acids is 1. The van der Waals surface area contributed by atoms with Gasteiger partial charge < -0.3 is 19.5 Å². The smallest absolute Gasteiger partial charge is 0.407 e. The number of ether oxygens (including phenoxy) is 3. The molecule has 0 fully saturated rings. The highest BCUT2D eigenvalue weighted by Crippen LogP contribution is 2.44. The van der Waals surface area contributed by atoms with Crippen LogP contribution in [0, 0.1) is 0 Å². The van der Waals surface area contributed by atoms with Crippen molar-refractivity contribution in [2.24, 2.45) is 0 Å². The summed E-state index contributed by atoms with van der Waals surface area (Å²) in [5, 5.41) is 2.80. The molecule has 1 amide bonds. The van der Waals surface area contributed by atoms with Gasteiger partial charge in [-0.05, 0) is 41.7 Å². The fraction of sp³-hybridized carbons (Fsp3) is 0.276. The van der Waals surface area contributed by atoms with Gasteiger partial charge in [0.15, 0.2) is 6.29 Å². The van der Waals surface area contributed by atoms with Crippen LogP contribution in [0.5, 0.6) is 0 Å². The number of rotatable bonds is 10. The number of benzene rings is 3. The second-order valence-corrected chi connectivity index (χ2v) is 8.02. The molecule has 0 spiro atoms. The first-order chi connectivity index (χ1) is 16.7. The van der Waals surface area contributed by atoms with Gasteiger partial charge in [0.25, 0.3) is 0 Å². The third kappa shape index (κ3) is 5.56. The molecule has 34 heavy (non-hydrogen) atoms. The van der Waals surface area contributed by atoms with Gasteiger partial charge in [-0.25, -0.2) is 4.79 Å². The molecule has 1 aliphatic carbocycles. The van der Waals surface area contributed by atoms with Crippen LogP contribution in [0.3, 0.4) is 0 Å². The molecule has 176 valence electrons. The number of alkyl carbamates (subject to hydrolysis) is 1. The van der Waals surface area contributed by atoms with Crippen LogP contribution < -0.4 is 5.32 Å². The molecule has 1 aliphatic rings. The number of amides is 1. The minimum atomic E-state index is -0.418. The number of hydrogen-bond donors (Lipinski definition) is 1. The van der Waals surface area contributed by atoms with E-state index in [-0.39, 0.29) is 12.2 Å². The Hall–Kier alpha value is -3.41. The van der Waals surface area contributed by atoms with E-state index in [1.54, 1.807) is 0 Å². The lowest BCUT2D eigenvalue weighted by Gasteiger charge is -2.17. The van der Waals surface area contributed by atoms with Crippen molar-refractivity contribution in [1.29, 1.82) is 0 Å². The minimum Gasteiger partial charge on any atom is -0.449 e. The van der Waals surface area contributed by atoms with Gasteiger partial charge in [0.1, 0.15) is 6.61 Å². The highest BCUT2D eigenvalue weighted by Gasteiger charge is 2.28. The van der Waals surface area contributed by atoms with E-state index < -0.39 is 6.09 Å². The van der Waals surface area contributed by atoms with Gasteiger partial charge >= 0.3 is 6.09 Å². The van der Waals surface area contributed by atoms with Crippen LogP contribution in [0.25, 0.3) is 17.2 Å². The van der Waals surface area contributed by atoms with Crippen molar-refractivity contribution < 1.29 is 19.0 Å². The molecule has 3 aromatic carbocycles. The second kappa shape index (κ2) is 11.6. The molecule has 0 heterocycles. The molecular formula is C29H31NO4. The van der Waals surface area contributed by atoms with E-state index >= 15 is 0 Å². The highest BCUT2D eigenvalue weighted by molar-refractivity contribution is 5.79. The van der Waals surface area contributed by atoms with Crippen LogP contribution in [-0.4, -0.2) is 32.5 Å². The third-order valence-corrected chi connectivity index (χ3v) is 5.86. The van der Waals surface area contributed by atoms with Crippen molar-refractivity contribution in [2.45, 2.75) is 26.1 Å². The van der Waals surface area contributed by atoms with Crippen molar-refractivity contribution in [3.63, 3.8) is 0 Å². The Morgan fingerprint density at radius 3 is 2.06 bits per heavy atom. The first-order valence-corrected chi connectivity index (χ1v) is 11.8. The van der Waals surface area contributed by atoms with E-state index in [0.717, 1.165) is 11.1 Å². The van der Waals surface area contributed by atoms with Gasteiger partial charge in [0.2, 0.25) is 0 Å². The van der Waals surface area contributed by atoms with Gasteiger partial charge in [-0.1, -0.05) is 84.9 Å². The summed E-state index contributed by atoms with van der Waals surface area (Å²) in [5.41, 5.74) is 6.86. The number of nitrogens with one attached hydrogen (secondary N) is 1. The molecule has 3 aromatic rings. The van der Waals surface area contributed by atoms with Crippen molar-refractivity contribution >= 4 is 12.2 Å². The average molecular weight is 458 g/mol. The summed E-state index contributed by atoms with van der Waals surface area (Å²) in [4.78, 5) is 12.3. The summed E-state index contributed by atoms with van der Waals surface area (Å²) in [7, 11) is 0. The summed E-state index contributed by atoms with van der Waals surface area (Å²) >= 11 is 0. The predicted molar refractivity (Wildman–Crippen MR) is 135 cm³/mol. The SMILES string of the molecule is CCOC(OCC)c1ccc(C=CCNC(=O)OCC2c3ccccc3-c3ccccc32)cc1. The molecule has 5 heteroatoms. The lowest BCUT2D eigenvalue weighted by Crippen LogP contribution is -2.26. The molecule has 0 aromatic heterocycles. The van der Waals surface area contributed by atoms with Gasteiger partial charge in [-0.3, -0.25) is 0 Å². The van der Waals surface area contributed by atoms with Crippen LogP contribution in [0.15, 0.2) is 78.9 Å². The topological polar surface area (TPSA) is 56.8 Å². The summed E-state index contributed by atoms with van der Waals surface area (Å²) in [6.45, 7) is 5.78. The summed E-state index contributed by atoms with van der Waals surface area (Å²) in [5.74, 6) is 0.0596. The zero-order valence-electron chi connectivity index (χ0n) is 19.7. The highest BCUT2D eigenvalue weighted by atomic mass is 16.7. The van der Waals surface area contributed by atoms with E-state index in [4.69, 9.17) is 14.2 Å². The maximum atomic E-state index is 12.3. The Morgan fingerprint density at radius 1 is 0.882 bits per heavy atom. The Kier molecular flexibility index (Phi) is 8.12. The third-order valence-electron chi connectivity index (χ3n) is 5.86. The molecule has 0 saturated carbocycles. The minimum absolute atomic E-state index is 0.0596. The fourth-order valence-corrected chi connectivity index (χ4v) is 4.29. The monoisotopic (exact) mass is 457 g/mol. The number of fused-ring (bicyclic) bond motifs is 3. The molecule has 4 rings (SSSR count). The Labute approximate surface area is 201 Å². The zero-order valence-corrected chi connectivity index (χ0v) is 19.7. The first kappa shape index (κ1) is 23.7. The van der Waals surface area contributed by atoms with Gasteiger partial charge in [-0.2, -0.15) is 0 Å². The summed E-state index contributed by atoms with van der Waals surface area (Å²) in [6.07, 6.45) is 3.10. The van der Waals surface area contributed by atoms with Crippen molar-refractivity contribution in [1.82, 2.24) is 5.32 Å². The van der Waals surface area contributed by atoms with Crippen LogP contribution in [0.2, 0.25) is 0 Å². The van der Waals surface area contributed by atoms with E-state index in [9.17, 15) is 4.79 Å². The lowest BCUT2D eigenvalue weighted by atomic mass is 9.98. The van der Waals surface area contributed by atoms with E-state index in [0.29, 0.717) is 26.4 Å². The summed E-state index contributed by atoms with van der Waals surface area (Å²) < 4.78 is 16.8.